The largest absolute Gasteiger partial charge is 0.379 e. The van der Waals surface area contributed by atoms with E-state index in [0.717, 1.165) is 11.1 Å². The molecule has 0 aromatic carbocycles. The van der Waals surface area contributed by atoms with Gasteiger partial charge in [-0.1, -0.05) is 32.4 Å². The molecular formula is C19H29ClN4O2. The fourth-order valence-corrected chi connectivity index (χ4v) is 4.92. The fourth-order valence-electron chi connectivity index (χ4n) is 4.72. The Morgan fingerprint density at radius 2 is 2.12 bits per heavy atom. The minimum absolute atomic E-state index is 0.0121. The summed E-state index contributed by atoms with van der Waals surface area (Å²) in [6.45, 7) is 10.6. The van der Waals surface area contributed by atoms with Crippen LogP contribution in [0.1, 0.15) is 47.5 Å². The molecule has 2 N–H and O–H groups in total. The average Bonchev–Trinajstić information content (AvgIpc) is 2.54. The molecule has 0 unspecified atom stereocenters. The molecule has 1 heterocycles. The number of carbonyl (C=O) groups excluding carboxylic acids is 1. The molecular weight excluding hydrogens is 352 g/mol. The van der Waals surface area contributed by atoms with E-state index < -0.39 is 5.56 Å². The molecule has 1 amide bonds. The number of amides is 1. The number of anilines is 1. The second-order valence-electron chi connectivity index (χ2n) is 8.76. The Balaban J connectivity index is 1.71. The summed E-state index contributed by atoms with van der Waals surface area (Å²) >= 11 is 6.29. The van der Waals surface area contributed by atoms with Gasteiger partial charge in [0.2, 0.25) is 5.91 Å². The number of aromatic nitrogens is 2. The number of carbonyl (C=O) groups is 1. The summed E-state index contributed by atoms with van der Waals surface area (Å²) in [6, 6.07) is 0.309. The molecule has 3 aliphatic rings. The zero-order valence-corrected chi connectivity index (χ0v) is 16.9. The minimum Gasteiger partial charge on any atom is -0.379 e. The Labute approximate surface area is 159 Å². The first-order valence-electron chi connectivity index (χ1n) is 9.42. The van der Waals surface area contributed by atoms with Crippen molar-refractivity contribution in [3.63, 3.8) is 0 Å². The zero-order chi connectivity index (χ0) is 19.2. The Hall–Kier alpha value is -1.56. The standard InChI is InChI=1S/C19H29ClN4O2/c1-10(2)22-16(25)9-24-18(26)17(20)15(8-21-24)23-14-7-12-6-13(11(14)3)19(12,4)5/h8,10-14,23H,6-7,9H2,1-5H3,(H,22,25)/t11-,12+,13-,14-/m1/s1. The average molecular weight is 381 g/mol. The first-order chi connectivity index (χ1) is 12.1. The molecule has 0 saturated heterocycles. The van der Waals surface area contributed by atoms with Crippen LogP contribution in [-0.4, -0.2) is 27.8 Å². The molecule has 4 rings (SSSR count). The van der Waals surface area contributed by atoms with Crippen LogP contribution < -0.4 is 16.2 Å². The molecule has 7 heteroatoms. The molecule has 0 aliphatic heterocycles. The third kappa shape index (κ3) is 3.36. The van der Waals surface area contributed by atoms with Crippen LogP contribution in [0.3, 0.4) is 0 Å². The van der Waals surface area contributed by atoms with Gasteiger partial charge in [-0.15, -0.1) is 0 Å². The van der Waals surface area contributed by atoms with E-state index in [0.29, 0.717) is 34.9 Å². The lowest BCUT2D eigenvalue weighted by molar-refractivity contribution is -0.122. The van der Waals surface area contributed by atoms with Crippen LogP contribution in [0.4, 0.5) is 5.69 Å². The molecule has 6 nitrogen and oxygen atoms in total. The lowest BCUT2D eigenvalue weighted by atomic mass is 9.45. The van der Waals surface area contributed by atoms with Crippen LogP contribution in [-0.2, 0) is 11.3 Å². The van der Waals surface area contributed by atoms with Gasteiger partial charge in [0.05, 0.1) is 11.9 Å². The molecule has 2 bridgehead atoms. The van der Waals surface area contributed by atoms with Crippen LogP contribution in [0.25, 0.3) is 0 Å². The molecule has 3 fully saturated rings. The summed E-state index contributed by atoms with van der Waals surface area (Å²) in [5, 5.41) is 10.4. The van der Waals surface area contributed by atoms with Gasteiger partial charge in [-0.05, 0) is 49.9 Å². The van der Waals surface area contributed by atoms with Gasteiger partial charge in [0.15, 0.2) is 0 Å². The number of fused-ring (bicyclic) bond motifs is 2. The topological polar surface area (TPSA) is 76.0 Å². The number of hydrogen-bond donors (Lipinski definition) is 2. The fraction of sp³-hybridized carbons (Fsp3) is 0.737. The van der Waals surface area contributed by atoms with Crippen molar-refractivity contribution in [2.24, 2.45) is 23.2 Å². The van der Waals surface area contributed by atoms with Crippen molar-refractivity contribution >= 4 is 23.2 Å². The zero-order valence-electron chi connectivity index (χ0n) is 16.2. The molecule has 26 heavy (non-hydrogen) atoms. The minimum atomic E-state index is -0.440. The first-order valence-corrected chi connectivity index (χ1v) is 9.80. The van der Waals surface area contributed by atoms with Gasteiger partial charge in [0.25, 0.3) is 5.56 Å². The normalized spacial score (nSPS) is 29.2. The van der Waals surface area contributed by atoms with Crippen molar-refractivity contribution in [2.75, 3.05) is 5.32 Å². The van der Waals surface area contributed by atoms with Crippen LogP contribution in [0, 0.1) is 23.2 Å². The maximum absolute atomic E-state index is 12.5. The third-order valence-electron chi connectivity index (χ3n) is 6.42. The van der Waals surface area contributed by atoms with E-state index in [-0.39, 0.29) is 23.5 Å². The van der Waals surface area contributed by atoms with E-state index in [9.17, 15) is 9.59 Å². The van der Waals surface area contributed by atoms with Crippen molar-refractivity contribution < 1.29 is 4.79 Å². The molecule has 3 aliphatic carbocycles. The van der Waals surface area contributed by atoms with Crippen molar-refractivity contribution in [1.82, 2.24) is 15.1 Å². The van der Waals surface area contributed by atoms with Gasteiger partial charge in [-0.3, -0.25) is 9.59 Å². The quantitative estimate of drug-likeness (QED) is 0.823. The van der Waals surface area contributed by atoms with Crippen molar-refractivity contribution in [2.45, 2.75) is 66.1 Å². The first kappa shape index (κ1) is 19.2. The highest BCUT2D eigenvalue weighted by atomic mass is 35.5. The van der Waals surface area contributed by atoms with E-state index >= 15 is 0 Å². The monoisotopic (exact) mass is 380 g/mol. The SMILES string of the molecule is CC(C)NC(=O)Cn1ncc(N[C@@H]2C[C@@H]3C[C@H]([C@H]2C)C3(C)C)c(Cl)c1=O. The highest BCUT2D eigenvalue weighted by Crippen LogP contribution is 2.61. The maximum Gasteiger partial charge on any atom is 0.288 e. The summed E-state index contributed by atoms with van der Waals surface area (Å²) in [5.41, 5.74) is 0.532. The van der Waals surface area contributed by atoms with Gasteiger partial charge in [0, 0.05) is 12.1 Å². The second kappa shape index (κ2) is 6.87. The van der Waals surface area contributed by atoms with Gasteiger partial charge in [0.1, 0.15) is 11.6 Å². The van der Waals surface area contributed by atoms with Crippen molar-refractivity contribution in [3.8, 4) is 0 Å². The van der Waals surface area contributed by atoms with Gasteiger partial charge >= 0.3 is 0 Å². The Morgan fingerprint density at radius 1 is 1.42 bits per heavy atom. The van der Waals surface area contributed by atoms with E-state index in [1.54, 1.807) is 6.20 Å². The highest BCUT2D eigenvalue weighted by molar-refractivity contribution is 6.32. The molecule has 144 valence electrons. The van der Waals surface area contributed by atoms with Crippen molar-refractivity contribution in [1.29, 1.82) is 0 Å². The molecule has 1 aromatic rings. The number of nitrogens with zero attached hydrogens (tertiary/aromatic N) is 2. The molecule has 1 aromatic heterocycles. The smallest absolute Gasteiger partial charge is 0.288 e. The van der Waals surface area contributed by atoms with Crippen LogP contribution >= 0.6 is 11.6 Å². The van der Waals surface area contributed by atoms with Crippen LogP contribution in [0.5, 0.6) is 0 Å². The summed E-state index contributed by atoms with van der Waals surface area (Å²) in [4.78, 5) is 24.3. The number of nitrogens with one attached hydrogen (secondary N) is 2. The van der Waals surface area contributed by atoms with Crippen LogP contribution in [0.2, 0.25) is 5.02 Å². The third-order valence-corrected chi connectivity index (χ3v) is 6.79. The lowest BCUT2D eigenvalue weighted by Crippen LogP contribution is -2.58. The predicted molar refractivity (Wildman–Crippen MR) is 103 cm³/mol. The number of hydrogen-bond acceptors (Lipinski definition) is 4. The van der Waals surface area contributed by atoms with Crippen molar-refractivity contribution in [3.05, 3.63) is 21.6 Å². The highest BCUT2D eigenvalue weighted by Gasteiger charge is 2.56. The molecule has 0 radical (unpaired) electrons. The predicted octanol–water partition coefficient (Wildman–Crippen LogP) is 2.90. The summed E-state index contributed by atoms with van der Waals surface area (Å²) in [7, 11) is 0. The summed E-state index contributed by atoms with van der Waals surface area (Å²) in [6.07, 6.45) is 3.94. The van der Waals surface area contributed by atoms with E-state index in [1.165, 1.54) is 6.42 Å². The Morgan fingerprint density at radius 3 is 2.69 bits per heavy atom. The van der Waals surface area contributed by atoms with Gasteiger partial charge in [-0.25, -0.2) is 4.68 Å². The number of rotatable bonds is 5. The van der Waals surface area contributed by atoms with E-state index in [2.05, 4.69) is 36.5 Å². The second-order valence-corrected chi connectivity index (χ2v) is 9.14. The van der Waals surface area contributed by atoms with E-state index in [4.69, 9.17) is 11.6 Å². The van der Waals surface area contributed by atoms with Gasteiger partial charge < -0.3 is 10.6 Å². The van der Waals surface area contributed by atoms with E-state index in [1.807, 2.05) is 13.8 Å². The summed E-state index contributed by atoms with van der Waals surface area (Å²) in [5.74, 6) is 1.68. The molecule has 0 spiro atoms. The Bertz CT molecular complexity index is 758. The molecule has 3 saturated carbocycles. The number of halogens is 1. The Kier molecular flexibility index (Phi) is 5.08. The molecule has 4 atom stereocenters. The van der Waals surface area contributed by atoms with Gasteiger partial charge in [-0.2, -0.15) is 5.10 Å². The maximum atomic E-state index is 12.5. The summed E-state index contributed by atoms with van der Waals surface area (Å²) < 4.78 is 1.11. The lowest BCUT2D eigenvalue weighted by Gasteiger charge is -2.62. The van der Waals surface area contributed by atoms with Crippen LogP contribution in [0.15, 0.2) is 11.0 Å².